The molecule has 0 heterocycles. The van der Waals surface area contributed by atoms with Gasteiger partial charge in [0.2, 0.25) is 5.91 Å². The summed E-state index contributed by atoms with van der Waals surface area (Å²) in [5.41, 5.74) is 0. The number of hydrogen-bond donors (Lipinski definition) is 2. The number of ether oxygens (including phenoxy) is 1. The average molecular weight is 294 g/mol. The van der Waals surface area contributed by atoms with Crippen molar-refractivity contribution in [1.29, 1.82) is 0 Å². The Kier molecular flexibility index (Phi) is 7.54. The summed E-state index contributed by atoms with van der Waals surface area (Å²) in [5, 5.41) is 5.59. The van der Waals surface area contributed by atoms with Gasteiger partial charge in [-0.1, -0.05) is 0 Å². The van der Waals surface area contributed by atoms with Gasteiger partial charge in [0.25, 0.3) is 0 Å². The van der Waals surface area contributed by atoms with Crippen LogP contribution in [-0.4, -0.2) is 57.7 Å². The van der Waals surface area contributed by atoms with Gasteiger partial charge in [0, 0.05) is 20.2 Å². The highest BCUT2D eigenvalue weighted by Gasteiger charge is 2.28. The molecule has 114 valence electrons. The van der Waals surface area contributed by atoms with E-state index in [1.807, 2.05) is 0 Å². The van der Waals surface area contributed by atoms with E-state index in [4.69, 9.17) is 4.74 Å². The summed E-state index contributed by atoms with van der Waals surface area (Å²) in [6.07, 6.45) is 0. The third kappa shape index (κ3) is 6.89. The third-order valence-electron chi connectivity index (χ3n) is 2.75. The quantitative estimate of drug-likeness (QED) is 0.613. The van der Waals surface area contributed by atoms with Crippen LogP contribution in [0.2, 0.25) is 0 Å². The third-order valence-corrected chi connectivity index (χ3v) is 5.36. The summed E-state index contributed by atoms with van der Waals surface area (Å²) in [6, 6.07) is -0.424. The van der Waals surface area contributed by atoms with Crippen LogP contribution >= 0.6 is 0 Å². The number of carbonyl (C=O) groups excluding carboxylic acids is 1. The molecule has 0 aliphatic heterocycles. The van der Waals surface area contributed by atoms with Crippen LogP contribution in [0.5, 0.6) is 0 Å². The maximum Gasteiger partial charge on any atom is 0.236 e. The lowest BCUT2D eigenvalue weighted by Crippen LogP contribution is -2.45. The highest BCUT2D eigenvalue weighted by Crippen LogP contribution is 2.15. The summed E-state index contributed by atoms with van der Waals surface area (Å²) < 4.78 is 27.8. The Hall–Kier alpha value is -0.660. The van der Waals surface area contributed by atoms with Crippen LogP contribution in [0.4, 0.5) is 0 Å². The van der Waals surface area contributed by atoms with E-state index in [1.54, 1.807) is 34.8 Å². The minimum absolute atomic E-state index is 0.0200. The summed E-state index contributed by atoms with van der Waals surface area (Å²) in [5.74, 6) is -0.142. The molecule has 7 heteroatoms. The SMILES string of the molecule is COCCNC(=O)C(C)NCCS(=O)(=O)C(C)(C)C. The van der Waals surface area contributed by atoms with Crippen LogP contribution in [0.3, 0.4) is 0 Å². The van der Waals surface area contributed by atoms with Crippen LogP contribution in [0.15, 0.2) is 0 Å². The van der Waals surface area contributed by atoms with Gasteiger partial charge >= 0.3 is 0 Å². The molecule has 0 aromatic carbocycles. The number of amides is 1. The van der Waals surface area contributed by atoms with Crippen molar-refractivity contribution in [2.45, 2.75) is 38.5 Å². The molecule has 0 spiro atoms. The van der Waals surface area contributed by atoms with Crippen LogP contribution in [-0.2, 0) is 19.4 Å². The molecular weight excluding hydrogens is 268 g/mol. The maximum absolute atomic E-state index is 11.9. The minimum atomic E-state index is -3.15. The number of methoxy groups -OCH3 is 1. The molecule has 2 N–H and O–H groups in total. The lowest BCUT2D eigenvalue weighted by atomic mass is 10.3. The second-order valence-electron chi connectivity index (χ2n) is 5.39. The molecule has 1 unspecified atom stereocenters. The summed E-state index contributed by atoms with van der Waals surface area (Å²) in [7, 11) is -1.59. The number of carbonyl (C=O) groups is 1. The second kappa shape index (κ2) is 7.81. The van der Waals surface area contributed by atoms with Gasteiger partial charge < -0.3 is 15.4 Å². The molecule has 0 radical (unpaired) electrons. The molecule has 1 atom stereocenters. The molecule has 0 aromatic heterocycles. The molecule has 0 fully saturated rings. The second-order valence-corrected chi connectivity index (χ2v) is 8.25. The fourth-order valence-electron chi connectivity index (χ4n) is 1.24. The Bertz CT molecular complexity index is 374. The summed E-state index contributed by atoms with van der Waals surface area (Å²) in [4.78, 5) is 11.6. The first-order chi connectivity index (χ1) is 8.62. The summed E-state index contributed by atoms with van der Waals surface area (Å²) >= 11 is 0. The first-order valence-corrected chi connectivity index (χ1v) is 7.99. The molecule has 0 aliphatic rings. The molecule has 0 saturated carbocycles. The zero-order valence-corrected chi connectivity index (χ0v) is 13.3. The van der Waals surface area contributed by atoms with Crippen molar-refractivity contribution in [3.05, 3.63) is 0 Å². The van der Waals surface area contributed by atoms with Crippen LogP contribution in [0, 0.1) is 0 Å². The molecule has 0 bridgehead atoms. The highest BCUT2D eigenvalue weighted by molar-refractivity contribution is 7.92. The Balaban J connectivity index is 4.05. The van der Waals surface area contributed by atoms with E-state index in [-0.39, 0.29) is 18.2 Å². The van der Waals surface area contributed by atoms with Crippen LogP contribution < -0.4 is 10.6 Å². The van der Waals surface area contributed by atoms with E-state index in [0.29, 0.717) is 13.2 Å². The first kappa shape index (κ1) is 18.3. The van der Waals surface area contributed by atoms with Gasteiger partial charge in [-0.25, -0.2) is 8.42 Å². The van der Waals surface area contributed by atoms with Crippen molar-refractivity contribution >= 4 is 15.7 Å². The van der Waals surface area contributed by atoms with Gasteiger partial charge in [-0.15, -0.1) is 0 Å². The molecule has 0 aromatic rings. The van der Waals surface area contributed by atoms with Gasteiger partial charge in [-0.05, 0) is 27.7 Å². The van der Waals surface area contributed by atoms with Crippen molar-refractivity contribution in [3.8, 4) is 0 Å². The smallest absolute Gasteiger partial charge is 0.236 e. The largest absolute Gasteiger partial charge is 0.383 e. The van der Waals surface area contributed by atoms with Crippen molar-refractivity contribution in [3.63, 3.8) is 0 Å². The van der Waals surface area contributed by atoms with E-state index in [0.717, 1.165) is 0 Å². The Morgan fingerprint density at radius 1 is 1.26 bits per heavy atom. The van der Waals surface area contributed by atoms with Gasteiger partial charge in [0.15, 0.2) is 9.84 Å². The number of nitrogens with one attached hydrogen (secondary N) is 2. The van der Waals surface area contributed by atoms with Crippen molar-refractivity contribution in [1.82, 2.24) is 10.6 Å². The van der Waals surface area contributed by atoms with Crippen LogP contribution in [0.25, 0.3) is 0 Å². The Labute approximate surface area is 116 Å². The maximum atomic E-state index is 11.9. The fraction of sp³-hybridized carbons (Fsp3) is 0.917. The zero-order chi connectivity index (χ0) is 15.1. The lowest BCUT2D eigenvalue weighted by molar-refractivity contribution is -0.122. The van der Waals surface area contributed by atoms with E-state index in [1.165, 1.54) is 0 Å². The highest BCUT2D eigenvalue weighted by atomic mass is 32.2. The normalized spacial score (nSPS) is 14.2. The number of sulfone groups is 1. The van der Waals surface area contributed by atoms with Crippen molar-refractivity contribution < 1.29 is 17.9 Å². The summed E-state index contributed by atoms with van der Waals surface area (Å²) in [6.45, 7) is 7.87. The van der Waals surface area contributed by atoms with E-state index in [9.17, 15) is 13.2 Å². The lowest BCUT2D eigenvalue weighted by Gasteiger charge is -2.20. The Morgan fingerprint density at radius 2 is 1.84 bits per heavy atom. The predicted octanol–water partition coefficient (Wildman–Crippen LogP) is -0.0596. The van der Waals surface area contributed by atoms with Crippen molar-refractivity contribution in [2.75, 3.05) is 32.6 Å². The topological polar surface area (TPSA) is 84.5 Å². The number of hydrogen-bond acceptors (Lipinski definition) is 5. The van der Waals surface area contributed by atoms with Gasteiger partial charge in [-0.3, -0.25) is 4.79 Å². The monoisotopic (exact) mass is 294 g/mol. The fourth-order valence-corrected chi connectivity index (χ4v) is 2.24. The molecule has 0 aliphatic carbocycles. The molecular formula is C12H26N2O4S. The number of rotatable bonds is 8. The molecule has 0 rings (SSSR count). The first-order valence-electron chi connectivity index (χ1n) is 6.34. The molecule has 6 nitrogen and oxygen atoms in total. The van der Waals surface area contributed by atoms with Crippen molar-refractivity contribution in [2.24, 2.45) is 0 Å². The molecule has 19 heavy (non-hydrogen) atoms. The van der Waals surface area contributed by atoms with E-state index < -0.39 is 20.6 Å². The van der Waals surface area contributed by atoms with Gasteiger partial charge in [0.1, 0.15) is 0 Å². The minimum Gasteiger partial charge on any atom is -0.383 e. The predicted molar refractivity (Wildman–Crippen MR) is 75.9 cm³/mol. The van der Waals surface area contributed by atoms with Crippen LogP contribution in [0.1, 0.15) is 27.7 Å². The molecule has 1 amide bonds. The zero-order valence-electron chi connectivity index (χ0n) is 12.4. The van der Waals surface area contributed by atoms with E-state index in [2.05, 4.69) is 10.6 Å². The standard InChI is InChI=1S/C12H26N2O4S/c1-10(11(15)14-6-8-18-5)13-7-9-19(16,17)12(2,3)4/h10,13H,6-9H2,1-5H3,(H,14,15). The molecule has 0 saturated heterocycles. The Morgan fingerprint density at radius 3 is 2.32 bits per heavy atom. The average Bonchev–Trinajstić information content (AvgIpc) is 2.27. The van der Waals surface area contributed by atoms with Gasteiger partial charge in [-0.2, -0.15) is 0 Å². The van der Waals surface area contributed by atoms with Gasteiger partial charge in [0.05, 0.1) is 23.1 Å². The van der Waals surface area contributed by atoms with E-state index >= 15 is 0 Å².